The summed E-state index contributed by atoms with van der Waals surface area (Å²) in [5.41, 5.74) is 4.81. The number of sulfonamides is 1. The molecule has 0 radical (unpaired) electrons. The Morgan fingerprint density at radius 3 is 2.23 bits per heavy atom. The molecular formula is C36H38N4O6S. The van der Waals surface area contributed by atoms with E-state index in [1.54, 1.807) is 42.5 Å². The Hall–Kier alpha value is -4.26. The van der Waals surface area contributed by atoms with Crippen molar-refractivity contribution in [1.82, 2.24) is 14.5 Å². The number of piperidine rings is 1. The average Bonchev–Trinajstić information content (AvgIpc) is 3.44. The van der Waals surface area contributed by atoms with E-state index in [1.807, 2.05) is 65.2 Å². The number of nitrogens with one attached hydrogen (secondary N) is 2. The van der Waals surface area contributed by atoms with Crippen molar-refractivity contribution in [3.8, 4) is 0 Å². The number of anilines is 1. The molecule has 4 aromatic carbocycles. The number of benzene rings is 4. The number of nitrogens with zero attached hydrogens (tertiary/aromatic N) is 2. The number of ether oxygens (including phenoxy) is 2. The third kappa shape index (κ3) is 6.90. The summed E-state index contributed by atoms with van der Waals surface area (Å²) in [6.45, 7) is 2.37. The van der Waals surface area contributed by atoms with Crippen LogP contribution in [-0.2, 0) is 26.1 Å². The van der Waals surface area contributed by atoms with Gasteiger partial charge in [-0.3, -0.25) is 9.29 Å². The summed E-state index contributed by atoms with van der Waals surface area (Å²) < 4.78 is 43.3. The molecule has 0 spiro atoms. The van der Waals surface area contributed by atoms with Gasteiger partial charge in [-0.2, -0.15) is 0 Å². The zero-order chi connectivity index (χ0) is 32.4. The number of rotatable bonds is 9. The molecule has 11 heteroatoms. The largest absolute Gasteiger partial charge is 0.392 e. The maximum atomic E-state index is 12.8. The zero-order valence-electron chi connectivity index (χ0n) is 25.9. The molecule has 0 amide bonds. The minimum atomic E-state index is -3.72. The Morgan fingerprint density at radius 2 is 1.51 bits per heavy atom. The third-order valence-corrected chi connectivity index (χ3v) is 10.5. The van der Waals surface area contributed by atoms with Gasteiger partial charge in [0.25, 0.3) is 10.0 Å². The lowest BCUT2D eigenvalue weighted by Crippen LogP contribution is -2.43. The molecule has 7 rings (SSSR count). The normalized spacial score (nSPS) is 21.2. The van der Waals surface area contributed by atoms with E-state index >= 15 is 0 Å². The lowest BCUT2D eigenvalue weighted by Gasteiger charge is -2.40. The van der Waals surface area contributed by atoms with E-state index in [9.17, 15) is 18.3 Å². The highest BCUT2D eigenvalue weighted by molar-refractivity contribution is 7.92. The molecule has 3 atom stereocenters. The smallest absolute Gasteiger partial charge is 0.326 e. The van der Waals surface area contributed by atoms with Gasteiger partial charge in [-0.05, 0) is 60.4 Å². The van der Waals surface area contributed by atoms with E-state index in [-0.39, 0.29) is 35.4 Å². The van der Waals surface area contributed by atoms with Crippen molar-refractivity contribution < 1.29 is 23.0 Å². The summed E-state index contributed by atoms with van der Waals surface area (Å²) in [5.74, 6) is 0. The molecule has 1 aromatic heterocycles. The number of aromatic amines is 1. The Labute approximate surface area is 273 Å². The van der Waals surface area contributed by atoms with Crippen molar-refractivity contribution in [2.45, 2.75) is 55.3 Å². The first kappa shape index (κ1) is 31.3. The van der Waals surface area contributed by atoms with Gasteiger partial charge in [-0.1, -0.05) is 66.7 Å². The molecule has 3 unspecified atom stereocenters. The van der Waals surface area contributed by atoms with Crippen LogP contribution < -0.4 is 10.4 Å². The van der Waals surface area contributed by atoms with Gasteiger partial charge in [0.1, 0.15) is 0 Å². The molecule has 2 saturated heterocycles. The number of aromatic nitrogens is 2. The van der Waals surface area contributed by atoms with Gasteiger partial charge in [-0.15, -0.1) is 0 Å². The van der Waals surface area contributed by atoms with Crippen LogP contribution in [0, 0.1) is 0 Å². The fourth-order valence-electron chi connectivity index (χ4n) is 6.64. The third-order valence-electron chi connectivity index (χ3n) is 9.11. The van der Waals surface area contributed by atoms with Gasteiger partial charge >= 0.3 is 5.69 Å². The molecule has 3 N–H and O–H groups in total. The van der Waals surface area contributed by atoms with Crippen LogP contribution >= 0.6 is 0 Å². The molecule has 0 bridgehead atoms. The van der Waals surface area contributed by atoms with Crippen LogP contribution in [0.3, 0.4) is 0 Å². The average molecular weight is 655 g/mol. The molecule has 3 heterocycles. The number of fused-ring (bicyclic) bond motifs is 1. The highest BCUT2D eigenvalue weighted by Crippen LogP contribution is 2.39. The van der Waals surface area contributed by atoms with Crippen molar-refractivity contribution in [1.29, 1.82) is 0 Å². The minimum absolute atomic E-state index is 0.0266. The monoisotopic (exact) mass is 654 g/mol. The van der Waals surface area contributed by atoms with Gasteiger partial charge in [0.15, 0.2) is 6.29 Å². The molecule has 2 aliphatic heterocycles. The second-order valence-electron chi connectivity index (χ2n) is 12.2. The second kappa shape index (κ2) is 13.5. The first-order valence-corrected chi connectivity index (χ1v) is 17.4. The van der Waals surface area contributed by atoms with Crippen LogP contribution in [0.4, 0.5) is 5.69 Å². The number of likely N-dealkylation sites (tertiary alicyclic amines) is 1. The summed E-state index contributed by atoms with van der Waals surface area (Å²) in [5, 5.41) is 9.54. The van der Waals surface area contributed by atoms with Gasteiger partial charge < -0.3 is 24.5 Å². The molecule has 10 nitrogen and oxygen atoms in total. The van der Waals surface area contributed by atoms with Crippen molar-refractivity contribution in [3.63, 3.8) is 0 Å². The predicted molar refractivity (Wildman–Crippen MR) is 179 cm³/mol. The summed E-state index contributed by atoms with van der Waals surface area (Å²) in [6, 6.07) is 31.1. The maximum Gasteiger partial charge on any atom is 0.326 e. The molecular weight excluding hydrogens is 616 g/mol. The number of H-pyrrole nitrogens is 1. The first-order valence-electron chi connectivity index (χ1n) is 16.0. The number of imidazole rings is 1. The number of hydrogen-bond acceptors (Lipinski definition) is 7. The summed E-state index contributed by atoms with van der Waals surface area (Å²) in [6.07, 6.45) is 1.37. The number of aliphatic hydroxyl groups excluding tert-OH is 1. The van der Waals surface area contributed by atoms with E-state index in [1.165, 1.54) is 0 Å². The predicted octanol–water partition coefficient (Wildman–Crippen LogP) is 5.51. The molecule has 0 aliphatic carbocycles. The van der Waals surface area contributed by atoms with Gasteiger partial charge in [-0.25, -0.2) is 13.2 Å². The van der Waals surface area contributed by atoms with Gasteiger partial charge in [0.05, 0.1) is 34.7 Å². The maximum absolute atomic E-state index is 12.8. The van der Waals surface area contributed by atoms with E-state index in [0.29, 0.717) is 12.1 Å². The number of aliphatic hydroxyl groups is 1. The van der Waals surface area contributed by atoms with Crippen LogP contribution in [0.1, 0.15) is 54.4 Å². The van der Waals surface area contributed by atoms with Crippen LogP contribution in [0.25, 0.3) is 11.0 Å². The first-order chi connectivity index (χ1) is 22.9. The van der Waals surface area contributed by atoms with Crippen LogP contribution in [-0.4, -0.2) is 53.7 Å². The lowest BCUT2D eigenvalue weighted by atomic mass is 9.98. The molecule has 5 aromatic rings. The zero-order valence-corrected chi connectivity index (χ0v) is 26.7. The fraction of sp³-hybridized carbons (Fsp3) is 0.306. The summed E-state index contributed by atoms with van der Waals surface area (Å²) in [7, 11) is -3.72. The highest BCUT2D eigenvalue weighted by Gasteiger charge is 2.34. The van der Waals surface area contributed by atoms with E-state index in [2.05, 4.69) is 14.6 Å². The van der Waals surface area contributed by atoms with Crippen molar-refractivity contribution >= 4 is 26.7 Å². The SMILES string of the molecule is O=c1[nH]c2ccccc2n1C1CCN(CC2CC(c3ccc(CO)cc3)OC(c3ccc(NS(=O)(=O)c4ccccc4)cc3)O2)CC1. The molecule has 0 saturated carbocycles. The molecule has 2 fully saturated rings. The Kier molecular flexibility index (Phi) is 8.98. The lowest BCUT2D eigenvalue weighted by molar-refractivity contribution is -0.253. The van der Waals surface area contributed by atoms with Crippen LogP contribution in [0.15, 0.2) is 113 Å². The van der Waals surface area contributed by atoms with Crippen molar-refractivity contribution in [3.05, 3.63) is 130 Å². The van der Waals surface area contributed by atoms with E-state index in [4.69, 9.17) is 9.47 Å². The van der Waals surface area contributed by atoms with Crippen LogP contribution in [0.2, 0.25) is 0 Å². The van der Waals surface area contributed by atoms with Gasteiger partial charge in [0.2, 0.25) is 0 Å². The summed E-state index contributed by atoms with van der Waals surface area (Å²) >= 11 is 0. The topological polar surface area (TPSA) is 126 Å². The second-order valence-corrected chi connectivity index (χ2v) is 13.9. The number of para-hydroxylation sites is 2. The minimum Gasteiger partial charge on any atom is -0.392 e. The Morgan fingerprint density at radius 1 is 0.830 bits per heavy atom. The number of hydrogen-bond donors (Lipinski definition) is 3. The van der Waals surface area contributed by atoms with Crippen molar-refractivity contribution in [2.24, 2.45) is 0 Å². The van der Waals surface area contributed by atoms with Gasteiger partial charge in [0, 0.05) is 43.3 Å². The highest BCUT2D eigenvalue weighted by atomic mass is 32.2. The van der Waals surface area contributed by atoms with E-state index in [0.717, 1.165) is 60.2 Å². The van der Waals surface area contributed by atoms with E-state index < -0.39 is 16.3 Å². The fourth-order valence-corrected chi connectivity index (χ4v) is 7.72. The van der Waals surface area contributed by atoms with Crippen LogP contribution in [0.5, 0.6) is 0 Å². The molecule has 244 valence electrons. The van der Waals surface area contributed by atoms with Crippen molar-refractivity contribution in [2.75, 3.05) is 24.4 Å². The quantitative estimate of drug-likeness (QED) is 0.192. The Bertz CT molecular complexity index is 1970. The molecule has 47 heavy (non-hydrogen) atoms. The summed E-state index contributed by atoms with van der Waals surface area (Å²) in [4.78, 5) is 18.4. The molecule has 2 aliphatic rings. The standard InChI is InChI=1S/C36H38N4O6S/c41-24-25-10-12-26(13-11-25)34-22-30(23-39-20-18-29(19-21-39)40-33-9-5-4-8-32(33)37-36(40)42)45-35(46-34)27-14-16-28(17-15-27)38-47(43,44)31-6-2-1-3-7-31/h1-17,29-30,34-35,38,41H,18-24H2,(H,37,42). The Balaban J connectivity index is 1.05.